The normalized spacial score (nSPS) is 13.5. The predicted octanol–water partition coefficient (Wildman–Crippen LogP) is 3.97. The molecule has 1 saturated heterocycles. The number of carbonyl (C=O) groups excluding carboxylic acids is 1. The van der Waals surface area contributed by atoms with Gasteiger partial charge in [0.2, 0.25) is 11.8 Å². The zero-order valence-electron chi connectivity index (χ0n) is 17.0. The number of halogens is 1. The van der Waals surface area contributed by atoms with E-state index in [-0.39, 0.29) is 5.88 Å². The molecule has 0 spiro atoms. The van der Waals surface area contributed by atoms with Crippen molar-refractivity contribution in [2.24, 2.45) is 0 Å². The van der Waals surface area contributed by atoms with Gasteiger partial charge in [0.25, 0.3) is 0 Å². The molecule has 2 heterocycles. The third-order valence-electron chi connectivity index (χ3n) is 4.82. The fourth-order valence-electron chi connectivity index (χ4n) is 3.23. The molecule has 2 N–H and O–H groups in total. The van der Waals surface area contributed by atoms with Crippen molar-refractivity contribution in [3.63, 3.8) is 0 Å². The van der Waals surface area contributed by atoms with Gasteiger partial charge < -0.3 is 25.0 Å². The maximum Gasteiger partial charge on any atom is 0.341 e. The summed E-state index contributed by atoms with van der Waals surface area (Å²) in [5.74, 6) is 0.527. The van der Waals surface area contributed by atoms with Crippen molar-refractivity contribution in [1.82, 2.24) is 15.3 Å². The Morgan fingerprint density at radius 1 is 1.13 bits per heavy atom. The first kappa shape index (κ1) is 21.1. The fraction of sp³-hybridized carbons (Fsp3) is 0.227. The molecule has 0 bridgehead atoms. The van der Waals surface area contributed by atoms with Crippen molar-refractivity contribution in [1.29, 1.82) is 0 Å². The number of aromatic nitrogens is 2. The molecule has 2 aromatic carbocycles. The van der Waals surface area contributed by atoms with Gasteiger partial charge in [-0.25, -0.2) is 9.78 Å². The average Bonchev–Trinajstić information content (AvgIpc) is 2.82. The zero-order chi connectivity index (χ0) is 21.6. The smallest absolute Gasteiger partial charge is 0.341 e. The first-order valence-corrected chi connectivity index (χ1v) is 10.6. The molecule has 0 aliphatic carbocycles. The van der Waals surface area contributed by atoms with Crippen molar-refractivity contribution in [2.75, 3.05) is 43.5 Å². The number of anilines is 3. The molecule has 1 aliphatic heterocycles. The minimum atomic E-state index is -0.483. The van der Waals surface area contributed by atoms with Crippen LogP contribution in [-0.2, 0) is 4.74 Å². The number of nitrogens with zero attached hydrogens (tertiary/aromatic N) is 3. The van der Waals surface area contributed by atoms with Gasteiger partial charge in [-0.05, 0) is 52.3 Å². The fourth-order valence-corrected chi connectivity index (χ4v) is 3.50. The monoisotopic (exact) mass is 483 g/mol. The molecule has 4 rings (SSSR count). The van der Waals surface area contributed by atoms with E-state index in [1.807, 2.05) is 12.1 Å². The summed E-state index contributed by atoms with van der Waals surface area (Å²) >= 11 is 3.40. The van der Waals surface area contributed by atoms with E-state index in [0.29, 0.717) is 21.7 Å². The molecule has 160 valence electrons. The van der Waals surface area contributed by atoms with Crippen LogP contribution in [0.1, 0.15) is 10.4 Å². The van der Waals surface area contributed by atoms with Crippen LogP contribution < -0.4 is 20.3 Å². The van der Waals surface area contributed by atoms with Gasteiger partial charge in [-0.2, -0.15) is 4.98 Å². The van der Waals surface area contributed by atoms with E-state index < -0.39 is 5.97 Å². The lowest BCUT2D eigenvalue weighted by atomic mass is 10.2. The van der Waals surface area contributed by atoms with E-state index >= 15 is 0 Å². The maximum atomic E-state index is 12.0. The third kappa shape index (κ3) is 5.12. The van der Waals surface area contributed by atoms with Gasteiger partial charge in [-0.1, -0.05) is 12.1 Å². The molecule has 1 aliphatic rings. The summed E-state index contributed by atoms with van der Waals surface area (Å²) < 4.78 is 11.3. The van der Waals surface area contributed by atoms with Crippen LogP contribution in [0, 0.1) is 0 Å². The van der Waals surface area contributed by atoms with Crippen LogP contribution in [0.15, 0.2) is 59.2 Å². The summed E-state index contributed by atoms with van der Waals surface area (Å²) in [5.41, 5.74) is 2.36. The summed E-state index contributed by atoms with van der Waals surface area (Å²) in [6, 6.07) is 15.0. The Balaban J connectivity index is 1.50. The molecule has 8 nitrogen and oxygen atoms in total. The Kier molecular flexibility index (Phi) is 6.63. The van der Waals surface area contributed by atoms with Crippen LogP contribution in [0.2, 0.25) is 0 Å². The number of hydrogen-bond donors (Lipinski definition) is 2. The Morgan fingerprint density at radius 3 is 2.61 bits per heavy atom. The van der Waals surface area contributed by atoms with E-state index in [2.05, 4.69) is 53.6 Å². The summed E-state index contributed by atoms with van der Waals surface area (Å²) in [4.78, 5) is 23.1. The molecule has 31 heavy (non-hydrogen) atoms. The van der Waals surface area contributed by atoms with E-state index in [0.717, 1.165) is 31.9 Å². The number of esters is 1. The third-order valence-corrected chi connectivity index (χ3v) is 5.36. The number of nitrogens with one attached hydrogen (secondary N) is 2. The number of para-hydroxylation sites is 1. The summed E-state index contributed by atoms with van der Waals surface area (Å²) in [6.45, 7) is 3.98. The van der Waals surface area contributed by atoms with Crippen LogP contribution in [0.4, 0.5) is 17.3 Å². The van der Waals surface area contributed by atoms with Gasteiger partial charge in [0.05, 0.1) is 17.8 Å². The summed E-state index contributed by atoms with van der Waals surface area (Å²) in [6.07, 6.45) is 1.60. The van der Waals surface area contributed by atoms with Gasteiger partial charge in [-0.15, -0.1) is 0 Å². The number of methoxy groups -OCH3 is 1. The predicted molar refractivity (Wildman–Crippen MR) is 122 cm³/mol. The molecule has 0 radical (unpaired) electrons. The second-order valence-electron chi connectivity index (χ2n) is 6.85. The lowest BCUT2D eigenvalue weighted by Crippen LogP contribution is -2.43. The molecule has 0 atom stereocenters. The number of hydrogen-bond acceptors (Lipinski definition) is 8. The van der Waals surface area contributed by atoms with Crippen LogP contribution in [-0.4, -0.2) is 49.2 Å². The second kappa shape index (κ2) is 9.76. The lowest BCUT2D eigenvalue weighted by molar-refractivity contribution is 0.0598. The quantitative estimate of drug-likeness (QED) is 0.509. The molecule has 0 saturated carbocycles. The van der Waals surface area contributed by atoms with Gasteiger partial charge in [0, 0.05) is 37.6 Å². The number of piperazine rings is 1. The highest BCUT2D eigenvalue weighted by Gasteiger charge is 2.16. The average molecular weight is 484 g/mol. The Bertz CT molecular complexity index is 1060. The summed E-state index contributed by atoms with van der Waals surface area (Å²) in [5, 5.41) is 6.55. The Morgan fingerprint density at radius 2 is 1.87 bits per heavy atom. The van der Waals surface area contributed by atoms with Crippen LogP contribution in [0.25, 0.3) is 0 Å². The van der Waals surface area contributed by atoms with Crippen LogP contribution in [0.3, 0.4) is 0 Å². The second-order valence-corrected chi connectivity index (χ2v) is 7.70. The Labute approximate surface area is 188 Å². The molecule has 0 amide bonds. The highest BCUT2D eigenvalue weighted by atomic mass is 79.9. The molecular weight excluding hydrogens is 462 g/mol. The first-order valence-electron chi connectivity index (χ1n) is 9.84. The van der Waals surface area contributed by atoms with Crippen molar-refractivity contribution >= 4 is 39.2 Å². The number of ether oxygens (including phenoxy) is 2. The van der Waals surface area contributed by atoms with E-state index in [1.54, 1.807) is 30.5 Å². The SMILES string of the molecule is COC(=O)c1ccccc1Oc1nc(Nc2ccc(N3CCNCC3)cc2)ncc1Br. The highest BCUT2D eigenvalue weighted by molar-refractivity contribution is 9.10. The van der Waals surface area contributed by atoms with E-state index in [9.17, 15) is 4.79 Å². The molecule has 3 aromatic rings. The first-order chi connectivity index (χ1) is 15.1. The molecule has 1 aromatic heterocycles. The molecular formula is C22H22BrN5O3. The van der Waals surface area contributed by atoms with Crippen molar-refractivity contribution < 1.29 is 14.3 Å². The van der Waals surface area contributed by atoms with Crippen LogP contribution >= 0.6 is 15.9 Å². The maximum absolute atomic E-state index is 12.0. The minimum Gasteiger partial charge on any atom is -0.465 e. The van der Waals surface area contributed by atoms with E-state index in [1.165, 1.54) is 12.8 Å². The lowest BCUT2D eigenvalue weighted by Gasteiger charge is -2.29. The minimum absolute atomic E-state index is 0.284. The van der Waals surface area contributed by atoms with Crippen LogP contribution in [0.5, 0.6) is 11.6 Å². The molecule has 9 heteroatoms. The van der Waals surface area contributed by atoms with Crippen molar-refractivity contribution in [2.45, 2.75) is 0 Å². The van der Waals surface area contributed by atoms with Gasteiger partial charge in [0.15, 0.2) is 0 Å². The highest BCUT2D eigenvalue weighted by Crippen LogP contribution is 2.31. The number of benzene rings is 2. The van der Waals surface area contributed by atoms with E-state index in [4.69, 9.17) is 9.47 Å². The topological polar surface area (TPSA) is 88.6 Å². The standard InChI is InChI=1S/C22H22BrN5O3/c1-30-21(29)17-4-2-3-5-19(17)31-20-18(23)14-25-22(27-20)26-15-6-8-16(9-7-15)28-12-10-24-11-13-28/h2-9,14,24H,10-13H2,1H3,(H,25,26,27). The van der Waals surface area contributed by atoms with Gasteiger partial charge in [-0.3, -0.25) is 0 Å². The van der Waals surface area contributed by atoms with Gasteiger partial charge in [0.1, 0.15) is 11.3 Å². The zero-order valence-corrected chi connectivity index (χ0v) is 18.6. The molecule has 0 unspecified atom stereocenters. The number of rotatable bonds is 6. The number of carbonyl (C=O) groups is 1. The Hall–Kier alpha value is -3.17. The molecule has 1 fully saturated rings. The van der Waals surface area contributed by atoms with Crippen molar-refractivity contribution in [3.05, 3.63) is 64.8 Å². The largest absolute Gasteiger partial charge is 0.465 e. The van der Waals surface area contributed by atoms with Gasteiger partial charge >= 0.3 is 5.97 Å². The summed E-state index contributed by atoms with van der Waals surface area (Å²) in [7, 11) is 1.33. The van der Waals surface area contributed by atoms with Crippen molar-refractivity contribution in [3.8, 4) is 11.6 Å².